The number of nitrogens with one attached hydrogen (secondary N) is 2. The molecule has 0 unspecified atom stereocenters. The molecule has 0 aliphatic carbocycles. The Morgan fingerprint density at radius 3 is 2.32 bits per heavy atom. The zero-order valence-electron chi connectivity index (χ0n) is 11.8. The first-order valence-electron chi connectivity index (χ1n) is 6.99. The molecule has 0 atom stereocenters. The van der Waals surface area contributed by atoms with Gasteiger partial charge in [-0.1, -0.05) is 30.3 Å². The standard InChI is InChI=1S/C18H15FN2O/c19-15-6-9-16(10-7-15)21-18(22)12-20-17-8-5-13-3-1-2-4-14(13)11-17/h1-11,20H,12H2,(H,21,22). The molecule has 0 aromatic heterocycles. The highest BCUT2D eigenvalue weighted by atomic mass is 19.1. The molecular weight excluding hydrogens is 279 g/mol. The van der Waals surface area contributed by atoms with Crippen LogP contribution in [-0.2, 0) is 4.79 Å². The number of benzene rings is 3. The fourth-order valence-electron chi connectivity index (χ4n) is 2.22. The first-order valence-corrected chi connectivity index (χ1v) is 6.99. The summed E-state index contributed by atoms with van der Waals surface area (Å²) in [5.74, 6) is -0.507. The number of carbonyl (C=O) groups is 1. The van der Waals surface area contributed by atoms with Crippen molar-refractivity contribution in [3.05, 3.63) is 72.5 Å². The van der Waals surface area contributed by atoms with Crippen molar-refractivity contribution in [2.75, 3.05) is 17.2 Å². The summed E-state index contributed by atoms with van der Waals surface area (Å²) in [6.07, 6.45) is 0. The highest BCUT2D eigenvalue weighted by molar-refractivity contribution is 5.94. The van der Waals surface area contributed by atoms with E-state index in [-0.39, 0.29) is 18.3 Å². The van der Waals surface area contributed by atoms with Gasteiger partial charge in [0.15, 0.2) is 0 Å². The molecule has 0 fully saturated rings. The Morgan fingerprint density at radius 1 is 0.864 bits per heavy atom. The van der Waals surface area contributed by atoms with E-state index in [4.69, 9.17) is 0 Å². The number of fused-ring (bicyclic) bond motifs is 1. The lowest BCUT2D eigenvalue weighted by Gasteiger charge is -2.08. The molecule has 3 aromatic rings. The molecule has 0 bridgehead atoms. The molecule has 0 saturated carbocycles. The lowest BCUT2D eigenvalue weighted by Crippen LogP contribution is -2.21. The average molecular weight is 294 g/mol. The summed E-state index contributed by atoms with van der Waals surface area (Å²) in [4.78, 5) is 11.9. The summed E-state index contributed by atoms with van der Waals surface area (Å²) in [6.45, 7) is 0.149. The van der Waals surface area contributed by atoms with E-state index in [1.54, 1.807) is 0 Å². The average Bonchev–Trinajstić information content (AvgIpc) is 2.55. The van der Waals surface area contributed by atoms with E-state index in [1.165, 1.54) is 24.3 Å². The van der Waals surface area contributed by atoms with E-state index < -0.39 is 0 Å². The first kappa shape index (κ1) is 14.1. The second kappa shape index (κ2) is 6.26. The zero-order valence-corrected chi connectivity index (χ0v) is 11.8. The van der Waals surface area contributed by atoms with E-state index in [2.05, 4.69) is 10.6 Å². The van der Waals surface area contributed by atoms with Gasteiger partial charge in [0.05, 0.1) is 6.54 Å². The molecule has 3 rings (SSSR count). The Hall–Kier alpha value is -2.88. The molecule has 4 heteroatoms. The third-order valence-electron chi connectivity index (χ3n) is 3.33. The monoisotopic (exact) mass is 294 g/mol. The number of anilines is 2. The van der Waals surface area contributed by atoms with Crippen LogP contribution in [0.2, 0.25) is 0 Å². The molecule has 0 saturated heterocycles. The van der Waals surface area contributed by atoms with E-state index in [9.17, 15) is 9.18 Å². The molecule has 0 aliphatic heterocycles. The minimum atomic E-state index is -0.327. The number of amides is 1. The van der Waals surface area contributed by atoms with E-state index in [1.807, 2.05) is 42.5 Å². The number of rotatable bonds is 4. The molecule has 2 N–H and O–H groups in total. The zero-order chi connectivity index (χ0) is 15.4. The van der Waals surface area contributed by atoms with Gasteiger partial charge in [-0.25, -0.2) is 4.39 Å². The molecule has 0 radical (unpaired) electrons. The molecule has 22 heavy (non-hydrogen) atoms. The topological polar surface area (TPSA) is 41.1 Å². The van der Waals surface area contributed by atoms with Crippen molar-refractivity contribution in [3.8, 4) is 0 Å². The van der Waals surface area contributed by atoms with E-state index >= 15 is 0 Å². The molecule has 0 aliphatic rings. The number of hydrogen-bond acceptors (Lipinski definition) is 2. The third-order valence-corrected chi connectivity index (χ3v) is 3.33. The smallest absolute Gasteiger partial charge is 0.243 e. The van der Waals surface area contributed by atoms with Gasteiger partial charge in [0, 0.05) is 11.4 Å². The Kier molecular flexibility index (Phi) is 4.01. The van der Waals surface area contributed by atoms with E-state index in [0.29, 0.717) is 5.69 Å². The van der Waals surface area contributed by atoms with Crippen molar-refractivity contribution >= 4 is 28.1 Å². The van der Waals surface area contributed by atoms with Crippen molar-refractivity contribution in [1.82, 2.24) is 0 Å². The van der Waals surface area contributed by atoms with Crippen molar-refractivity contribution in [2.45, 2.75) is 0 Å². The quantitative estimate of drug-likeness (QED) is 0.762. The summed E-state index contributed by atoms with van der Waals surface area (Å²) in [5, 5.41) is 8.06. The van der Waals surface area contributed by atoms with Crippen LogP contribution in [0, 0.1) is 5.82 Å². The van der Waals surface area contributed by atoms with Crippen LogP contribution in [0.1, 0.15) is 0 Å². The summed E-state index contributed by atoms with van der Waals surface area (Å²) in [6, 6.07) is 19.7. The number of halogens is 1. The summed E-state index contributed by atoms with van der Waals surface area (Å²) >= 11 is 0. The highest BCUT2D eigenvalue weighted by Crippen LogP contribution is 2.18. The van der Waals surface area contributed by atoms with Crippen molar-refractivity contribution in [2.24, 2.45) is 0 Å². The highest BCUT2D eigenvalue weighted by Gasteiger charge is 2.03. The second-order valence-corrected chi connectivity index (χ2v) is 4.97. The Balaban J connectivity index is 1.60. The lowest BCUT2D eigenvalue weighted by molar-refractivity contribution is -0.114. The summed E-state index contributed by atoms with van der Waals surface area (Å²) in [7, 11) is 0. The molecule has 3 nitrogen and oxygen atoms in total. The first-order chi connectivity index (χ1) is 10.7. The Bertz CT molecular complexity index is 800. The predicted octanol–water partition coefficient (Wildman–Crippen LogP) is 4.03. The Morgan fingerprint density at radius 2 is 1.55 bits per heavy atom. The third kappa shape index (κ3) is 3.41. The molecule has 3 aromatic carbocycles. The van der Waals surface area contributed by atoms with Crippen LogP contribution in [0.5, 0.6) is 0 Å². The van der Waals surface area contributed by atoms with Crippen LogP contribution in [0.3, 0.4) is 0 Å². The summed E-state index contributed by atoms with van der Waals surface area (Å²) < 4.78 is 12.8. The SMILES string of the molecule is O=C(CNc1ccc2ccccc2c1)Nc1ccc(F)cc1. The fourth-order valence-corrected chi connectivity index (χ4v) is 2.22. The molecule has 0 heterocycles. The van der Waals surface area contributed by atoms with Crippen LogP contribution in [0.4, 0.5) is 15.8 Å². The molecule has 1 amide bonds. The van der Waals surface area contributed by atoms with Gasteiger partial charge in [0.25, 0.3) is 0 Å². The lowest BCUT2D eigenvalue weighted by atomic mass is 10.1. The fraction of sp³-hybridized carbons (Fsp3) is 0.0556. The maximum atomic E-state index is 12.8. The van der Waals surface area contributed by atoms with Gasteiger partial charge in [-0.2, -0.15) is 0 Å². The van der Waals surface area contributed by atoms with E-state index in [0.717, 1.165) is 16.5 Å². The maximum absolute atomic E-state index is 12.8. The van der Waals surface area contributed by atoms with Gasteiger partial charge in [-0.3, -0.25) is 4.79 Å². The van der Waals surface area contributed by atoms with Crippen molar-refractivity contribution < 1.29 is 9.18 Å². The molecular formula is C18H15FN2O. The van der Waals surface area contributed by atoms with Crippen LogP contribution in [0.15, 0.2) is 66.7 Å². The van der Waals surface area contributed by atoms with Crippen LogP contribution >= 0.6 is 0 Å². The van der Waals surface area contributed by atoms with Gasteiger partial charge in [-0.15, -0.1) is 0 Å². The van der Waals surface area contributed by atoms with Crippen molar-refractivity contribution in [1.29, 1.82) is 0 Å². The van der Waals surface area contributed by atoms with Crippen molar-refractivity contribution in [3.63, 3.8) is 0 Å². The van der Waals surface area contributed by atoms with Gasteiger partial charge in [0.2, 0.25) is 5.91 Å². The number of carbonyl (C=O) groups excluding carboxylic acids is 1. The minimum absolute atomic E-state index is 0.149. The van der Waals surface area contributed by atoms with Crippen LogP contribution in [-0.4, -0.2) is 12.5 Å². The van der Waals surface area contributed by atoms with Gasteiger partial charge in [-0.05, 0) is 47.2 Å². The largest absolute Gasteiger partial charge is 0.376 e. The van der Waals surface area contributed by atoms with Crippen LogP contribution < -0.4 is 10.6 Å². The van der Waals surface area contributed by atoms with Gasteiger partial charge < -0.3 is 10.6 Å². The minimum Gasteiger partial charge on any atom is -0.376 e. The molecule has 0 spiro atoms. The maximum Gasteiger partial charge on any atom is 0.243 e. The van der Waals surface area contributed by atoms with Gasteiger partial charge >= 0.3 is 0 Å². The number of hydrogen-bond donors (Lipinski definition) is 2. The normalized spacial score (nSPS) is 10.4. The van der Waals surface area contributed by atoms with Crippen LogP contribution in [0.25, 0.3) is 10.8 Å². The molecule has 110 valence electrons. The summed E-state index contributed by atoms with van der Waals surface area (Å²) in [5.41, 5.74) is 1.46. The second-order valence-electron chi connectivity index (χ2n) is 4.97. The Labute approximate surface area is 127 Å². The predicted molar refractivity (Wildman–Crippen MR) is 87.5 cm³/mol. The van der Waals surface area contributed by atoms with Gasteiger partial charge in [0.1, 0.15) is 5.82 Å².